The molecule has 4 N–H and O–H groups in total. The first-order chi connectivity index (χ1) is 17.7. The Bertz CT molecular complexity index is 1190. The second-order valence-electron chi connectivity index (χ2n) is 9.77. The fraction of sp³-hybridized carbons (Fsp3) is 0.481. The van der Waals surface area contributed by atoms with Gasteiger partial charge in [0.2, 0.25) is 5.91 Å². The van der Waals surface area contributed by atoms with Crippen LogP contribution in [0.1, 0.15) is 63.3 Å². The zero-order valence-corrected chi connectivity index (χ0v) is 22.5. The van der Waals surface area contributed by atoms with Gasteiger partial charge < -0.3 is 21.5 Å². The van der Waals surface area contributed by atoms with Crippen LogP contribution < -0.4 is 16.2 Å². The predicted octanol–water partition coefficient (Wildman–Crippen LogP) is 3.80. The second kappa shape index (κ2) is 13.3. The van der Waals surface area contributed by atoms with Crippen molar-refractivity contribution in [1.82, 2.24) is 14.9 Å². The van der Waals surface area contributed by atoms with Crippen LogP contribution in [-0.4, -0.2) is 51.5 Å². The summed E-state index contributed by atoms with van der Waals surface area (Å²) < 4.78 is 1.42. The molecule has 1 fully saturated rings. The number of amides is 1. The maximum absolute atomic E-state index is 13.4. The Morgan fingerprint density at radius 1 is 1.16 bits per heavy atom. The predicted molar refractivity (Wildman–Crippen MR) is 149 cm³/mol. The van der Waals surface area contributed by atoms with Crippen molar-refractivity contribution in [3.63, 3.8) is 0 Å². The SMILES string of the molecule is CC(=N)C(=N)CNc1nc(C(C)C)cn(C(CC2CC2)C(=O)NCC(=O)CSCc2ccccc2)c1=O. The van der Waals surface area contributed by atoms with Crippen molar-refractivity contribution in [1.29, 1.82) is 10.8 Å². The van der Waals surface area contributed by atoms with Gasteiger partial charge in [-0.2, -0.15) is 0 Å². The lowest BCUT2D eigenvalue weighted by atomic mass is 10.1. The number of nitrogens with zero attached hydrogens (tertiary/aromatic N) is 2. The molecule has 1 amide bonds. The summed E-state index contributed by atoms with van der Waals surface area (Å²) in [7, 11) is 0. The molecule has 1 aliphatic rings. The van der Waals surface area contributed by atoms with Gasteiger partial charge in [0.1, 0.15) is 6.04 Å². The average molecular weight is 525 g/mol. The Kier molecular flexibility index (Phi) is 10.2. The molecular formula is C27H36N6O3S. The summed E-state index contributed by atoms with van der Waals surface area (Å²) in [5.41, 5.74) is 1.48. The van der Waals surface area contributed by atoms with Gasteiger partial charge in [0.05, 0.1) is 36.0 Å². The van der Waals surface area contributed by atoms with Crippen LogP contribution in [-0.2, 0) is 15.3 Å². The largest absolute Gasteiger partial charge is 0.360 e. The van der Waals surface area contributed by atoms with Crippen LogP contribution in [0.5, 0.6) is 0 Å². The molecule has 1 heterocycles. The van der Waals surface area contributed by atoms with Crippen molar-refractivity contribution < 1.29 is 9.59 Å². The monoisotopic (exact) mass is 524 g/mol. The van der Waals surface area contributed by atoms with Gasteiger partial charge in [-0.05, 0) is 30.7 Å². The highest BCUT2D eigenvalue weighted by Gasteiger charge is 2.32. The van der Waals surface area contributed by atoms with Crippen molar-refractivity contribution in [3.05, 3.63) is 58.1 Å². The highest BCUT2D eigenvalue weighted by atomic mass is 32.2. The molecule has 0 bridgehead atoms. The maximum Gasteiger partial charge on any atom is 0.294 e. The summed E-state index contributed by atoms with van der Waals surface area (Å²) in [5, 5.41) is 21.1. The molecule has 1 saturated carbocycles. The molecular weight excluding hydrogens is 488 g/mol. The van der Waals surface area contributed by atoms with Crippen molar-refractivity contribution in [2.24, 2.45) is 5.92 Å². The van der Waals surface area contributed by atoms with Crippen LogP contribution in [0.15, 0.2) is 41.3 Å². The summed E-state index contributed by atoms with van der Waals surface area (Å²) in [6, 6.07) is 9.14. The van der Waals surface area contributed by atoms with Gasteiger partial charge >= 0.3 is 0 Å². The maximum atomic E-state index is 13.4. The number of ketones is 1. The molecule has 9 nitrogen and oxygen atoms in total. The number of hydrogen-bond donors (Lipinski definition) is 4. The number of thioether (sulfide) groups is 1. The lowest BCUT2D eigenvalue weighted by Crippen LogP contribution is -2.41. The summed E-state index contributed by atoms with van der Waals surface area (Å²) in [6.45, 7) is 5.32. The smallest absolute Gasteiger partial charge is 0.294 e. The Morgan fingerprint density at radius 3 is 2.49 bits per heavy atom. The van der Waals surface area contributed by atoms with Crippen LogP contribution in [0.2, 0.25) is 0 Å². The van der Waals surface area contributed by atoms with E-state index in [0.29, 0.717) is 23.8 Å². The van der Waals surface area contributed by atoms with E-state index in [1.165, 1.54) is 23.3 Å². The molecule has 37 heavy (non-hydrogen) atoms. The van der Waals surface area contributed by atoms with Gasteiger partial charge in [-0.1, -0.05) is 57.0 Å². The van der Waals surface area contributed by atoms with E-state index in [9.17, 15) is 14.4 Å². The van der Waals surface area contributed by atoms with Gasteiger partial charge in [-0.3, -0.25) is 19.0 Å². The second-order valence-corrected chi connectivity index (χ2v) is 10.8. The number of anilines is 1. The zero-order valence-electron chi connectivity index (χ0n) is 21.7. The molecule has 0 saturated heterocycles. The van der Waals surface area contributed by atoms with E-state index in [1.807, 2.05) is 44.2 Å². The molecule has 1 unspecified atom stereocenters. The van der Waals surface area contributed by atoms with E-state index < -0.39 is 11.6 Å². The minimum absolute atomic E-state index is 0.00387. The Hall–Kier alpha value is -3.27. The number of hydrogen-bond acceptors (Lipinski definition) is 8. The summed E-state index contributed by atoms with van der Waals surface area (Å²) in [6.07, 6.45) is 4.17. The topological polar surface area (TPSA) is 141 Å². The Balaban J connectivity index is 1.71. The number of Topliss-reactive ketones (excluding diaryl/α,β-unsaturated/α-hetero) is 1. The zero-order chi connectivity index (χ0) is 26.9. The minimum Gasteiger partial charge on any atom is -0.360 e. The number of carbonyl (C=O) groups is 2. The van der Waals surface area contributed by atoms with Gasteiger partial charge in [0.15, 0.2) is 11.6 Å². The molecule has 0 radical (unpaired) electrons. The lowest BCUT2D eigenvalue weighted by Gasteiger charge is -2.22. The Morgan fingerprint density at radius 2 is 1.86 bits per heavy atom. The molecule has 0 aliphatic heterocycles. The third-order valence-electron chi connectivity index (χ3n) is 6.15. The van der Waals surface area contributed by atoms with Crippen LogP contribution in [0.25, 0.3) is 0 Å². The summed E-state index contributed by atoms with van der Waals surface area (Å²) in [5.74, 6) is 1.00. The number of aromatic nitrogens is 2. The highest BCUT2D eigenvalue weighted by molar-refractivity contribution is 7.99. The quantitative estimate of drug-likeness (QED) is 0.261. The third-order valence-corrected chi connectivity index (χ3v) is 7.22. The Labute approximate surface area is 221 Å². The van der Waals surface area contributed by atoms with Crippen molar-refractivity contribution in [2.45, 2.75) is 57.7 Å². The van der Waals surface area contributed by atoms with Crippen LogP contribution in [0.4, 0.5) is 5.82 Å². The standard InChI is InChI=1S/C27H36N6O3S/c1-17(2)23-14-33(27(36)25(32-23)30-13-22(29)18(3)28)24(11-19-9-10-19)26(35)31-12-21(34)16-37-15-20-7-5-4-6-8-20/h4-8,14,17,19,24,28-29H,9-13,15-16H2,1-3H3,(H,30,32)(H,31,35). The molecule has 1 aliphatic carbocycles. The molecule has 1 aromatic heterocycles. The summed E-state index contributed by atoms with van der Waals surface area (Å²) >= 11 is 1.51. The van der Waals surface area contributed by atoms with E-state index in [2.05, 4.69) is 15.6 Å². The highest BCUT2D eigenvalue weighted by Crippen LogP contribution is 2.37. The lowest BCUT2D eigenvalue weighted by molar-refractivity contribution is -0.127. The van der Waals surface area contributed by atoms with E-state index in [0.717, 1.165) is 24.2 Å². The van der Waals surface area contributed by atoms with Gasteiger partial charge in [0, 0.05) is 11.9 Å². The molecule has 198 valence electrons. The molecule has 1 aromatic carbocycles. The van der Waals surface area contributed by atoms with Crippen molar-refractivity contribution in [2.75, 3.05) is 24.2 Å². The average Bonchev–Trinajstić information content (AvgIpc) is 3.70. The van der Waals surface area contributed by atoms with Gasteiger partial charge in [0.25, 0.3) is 5.56 Å². The van der Waals surface area contributed by atoms with E-state index in [-0.39, 0.29) is 47.9 Å². The van der Waals surface area contributed by atoms with Crippen molar-refractivity contribution in [3.8, 4) is 0 Å². The fourth-order valence-corrected chi connectivity index (χ4v) is 4.55. The van der Waals surface area contributed by atoms with E-state index in [1.54, 1.807) is 6.20 Å². The van der Waals surface area contributed by atoms with Crippen molar-refractivity contribution >= 4 is 40.7 Å². The van der Waals surface area contributed by atoms with E-state index >= 15 is 0 Å². The number of carbonyl (C=O) groups excluding carboxylic acids is 2. The van der Waals surface area contributed by atoms with E-state index in [4.69, 9.17) is 10.8 Å². The van der Waals surface area contributed by atoms with Crippen LogP contribution >= 0.6 is 11.8 Å². The molecule has 2 aromatic rings. The normalized spacial score (nSPS) is 13.7. The number of nitrogens with one attached hydrogen (secondary N) is 4. The van der Waals surface area contributed by atoms with Crippen LogP contribution in [0.3, 0.4) is 0 Å². The molecule has 1 atom stereocenters. The van der Waals surface area contributed by atoms with Crippen LogP contribution in [0, 0.1) is 16.7 Å². The first-order valence-corrected chi connectivity index (χ1v) is 13.7. The number of rotatable bonds is 15. The first-order valence-electron chi connectivity index (χ1n) is 12.6. The first kappa shape index (κ1) is 28.3. The summed E-state index contributed by atoms with van der Waals surface area (Å²) in [4.78, 5) is 43.5. The van der Waals surface area contributed by atoms with Gasteiger partial charge in [-0.15, -0.1) is 11.8 Å². The third kappa shape index (κ3) is 8.66. The fourth-order valence-electron chi connectivity index (χ4n) is 3.69. The minimum atomic E-state index is -0.755. The molecule has 10 heteroatoms. The molecule has 3 rings (SSSR count). The van der Waals surface area contributed by atoms with Gasteiger partial charge in [-0.25, -0.2) is 4.98 Å². The number of benzene rings is 1. The molecule has 0 spiro atoms.